The third-order valence-corrected chi connectivity index (χ3v) is 4.35. The summed E-state index contributed by atoms with van der Waals surface area (Å²) in [5.74, 6) is 2.66. The summed E-state index contributed by atoms with van der Waals surface area (Å²) < 4.78 is 0. The van der Waals surface area contributed by atoms with E-state index in [1.165, 1.54) is 19.0 Å². The van der Waals surface area contributed by atoms with Gasteiger partial charge in [-0.3, -0.25) is 0 Å². The van der Waals surface area contributed by atoms with E-state index in [4.69, 9.17) is 5.26 Å². The number of hydrogen-bond acceptors (Lipinski definition) is 7. The smallest absolute Gasteiger partial charge is 0.166 e. The summed E-state index contributed by atoms with van der Waals surface area (Å²) in [6.07, 6.45) is 4.02. The molecular formula is C16H17N7. The van der Waals surface area contributed by atoms with Crippen LogP contribution in [-0.4, -0.2) is 40.0 Å². The number of anilines is 2. The van der Waals surface area contributed by atoms with Crippen LogP contribution in [0.4, 0.5) is 11.6 Å². The maximum absolute atomic E-state index is 9.03. The molecule has 23 heavy (non-hydrogen) atoms. The Labute approximate surface area is 134 Å². The number of rotatable bonds is 5. The first-order chi connectivity index (χ1) is 11.3. The molecule has 2 fully saturated rings. The van der Waals surface area contributed by atoms with Gasteiger partial charge >= 0.3 is 0 Å². The first kappa shape index (κ1) is 13.9. The van der Waals surface area contributed by atoms with Crippen molar-refractivity contribution in [3.05, 3.63) is 35.7 Å². The van der Waals surface area contributed by atoms with Crippen molar-refractivity contribution in [1.82, 2.24) is 20.4 Å². The molecule has 2 aromatic heterocycles. The van der Waals surface area contributed by atoms with E-state index in [-0.39, 0.29) is 0 Å². The molecule has 3 heterocycles. The predicted octanol–water partition coefficient (Wildman–Crippen LogP) is 1.56. The van der Waals surface area contributed by atoms with Gasteiger partial charge in [0.1, 0.15) is 6.07 Å². The maximum atomic E-state index is 9.03. The Morgan fingerprint density at radius 1 is 1.17 bits per heavy atom. The van der Waals surface area contributed by atoms with E-state index >= 15 is 0 Å². The Balaban J connectivity index is 1.29. The SMILES string of the molecule is N#Cc1ccnnc1NCC1CN(c2ccc(C3CC3)nn2)C1. The number of nitriles is 1. The second-order valence-electron chi connectivity index (χ2n) is 6.15. The van der Waals surface area contributed by atoms with Crippen molar-refractivity contribution in [2.75, 3.05) is 29.9 Å². The van der Waals surface area contributed by atoms with E-state index < -0.39 is 0 Å². The molecule has 1 saturated carbocycles. The van der Waals surface area contributed by atoms with Gasteiger partial charge in [-0.15, -0.1) is 10.2 Å². The van der Waals surface area contributed by atoms with E-state index in [1.807, 2.05) is 0 Å². The lowest BCUT2D eigenvalue weighted by atomic mass is 10.00. The van der Waals surface area contributed by atoms with Gasteiger partial charge in [0.15, 0.2) is 11.6 Å². The van der Waals surface area contributed by atoms with Crippen LogP contribution >= 0.6 is 0 Å². The van der Waals surface area contributed by atoms with Gasteiger partial charge in [0.05, 0.1) is 17.5 Å². The van der Waals surface area contributed by atoms with E-state index in [1.54, 1.807) is 6.07 Å². The largest absolute Gasteiger partial charge is 0.367 e. The van der Waals surface area contributed by atoms with Gasteiger partial charge in [0.25, 0.3) is 0 Å². The molecule has 7 heteroatoms. The summed E-state index contributed by atoms with van der Waals surface area (Å²) in [6, 6.07) is 7.95. The Morgan fingerprint density at radius 3 is 2.74 bits per heavy atom. The minimum Gasteiger partial charge on any atom is -0.367 e. The van der Waals surface area contributed by atoms with Crippen molar-refractivity contribution in [1.29, 1.82) is 5.26 Å². The molecule has 2 aromatic rings. The van der Waals surface area contributed by atoms with Gasteiger partial charge in [-0.2, -0.15) is 15.5 Å². The number of hydrogen-bond donors (Lipinski definition) is 1. The summed E-state index contributed by atoms with van der Waals surface area (Å²) in [7, 11) is 0. The first-order valence-corrected chi connectivity index (χ1v) is 7.87. The molecular weight excluding hydrogens is 290 g/mol. The maximum Gasteiger partial charge on any atom is 0.166 e. The molecule has 0 spiro atoms. The molecule has 1 N–H and O–H groups in total. The van der Waals surface area contributed by atoms with Crippen LogP contribution in [-0.2, 0) is 0 Å². The lowest BCUT2D eigenvalue weighted by Crippen LogP contribution is -2.50. The van der Waals surface area contributed by atoms with Crippen LogP contribution in [0, 0.1) is 17.2 Å². The van der Waals surface area contributed by atoms with Gasteiger partial charge < -0.3 is 10.2 Å². The van der Waals surface area contributed by atoms with Crippen LogP contribution in [0.5, 0.6) is 0 Å². The van der Waals surface area contributed by atoms with Crippen molar-refractivity contribution in [2.45, 2.75) is 18.8 Å². The molecule has 1 aliphatic carbocycles. The van der Waals surface area contributed by atoms with E-state index in [0.717, 1.165) is 31.1 Å². The van der Waals surface area contributed by atoms with E-state index in [2.05, 4.69) is 48.8 Å². The molecule has 1 aliphatic heterocycles. The number of nitrogens with zero attached hydrogens (tertiary/aromatic N) is 6. The van der Waals surface area contributed by atoms with Crippen LogP contribution < -0.4 is 10.2 Å². The zero-order valence-corrected chi connectivity index (χ0v) is 12.7. The van der Waals surface area contributed by atoms with Crippen molar-refractivity contribution in [3.63, 3.8) is 0 Å². The highest BCUT2D eigenvalue weighted by atomic mass is 15.3. The van der Waals surface area contributed by atoms with Crippen molar-refractivity contribution in [3.8, 4) is 6.07 Å². The Kier molecular flexibility index (Phi) is 3.50. The molecule has 0 bridgehead atoms. The highest BCUT2D eigenvalue weighted by Crippen LogP contribution is 2.38. The lowest BCUT2D eigenvalue weighted by Gasteiger charge is -2.40. The molecule has 2 aliphatic rings. The third-order valence-electron chi connectivity index (χ3n) is 4.35. The summed E-state index contributed by atoms with van der Waals surface area (Å²) in [5.41, 5.74) is 1.65. The summed E-state index contributed by atoms with van der Waals surface area (Å²) >= 11 is 0. The van der Waals surface area contributed by atoms with Crippen LogP contribution in [0.15, 0.2) is 24.4 Å². The molecule has 0 aromatic carbocycles. The second kappa shape index (κ2) is 5.80. The van der Waals surface area contributed by atoms with Crippen molar-refractivity contribution in [2.24, 2.45) is 5.92 Å². The normalized spacial score (nSPS) is 17.4. The molecule has 0 atom stereocenters. The molecule has 0 unspecified atom stereocenters. The van der Waals surface area contributed by atoms with Gasteiger partial charge in [-0.05, 0) is 31.0 Å². The molecule has 1 saturated heterocycles. The molecule has 7 nitrogen and oxygen atoms in total. The van der Waals surface area contributed by atoms with Gasteiger partial charge in [0.2, 0.25) is 0 Å². The first-order valence-electron chi connectivity index (χ1n) is 7.87. The quantitative estimate of drug-likeness (QED) is 0.896. The fourth-order valence-corrected chi connectivity index (χ4v) is 2.78. The van der Waals surface area contributed by atoms with Gasteiger partial charge in [-0.1, -0.05) is 0 Å². The third kappa shape index (κ3) is 2.93. The highest BCUT2D eigenvalue weighted by molar-refractivity contribution is 5.50. The molecule has 0 amide bonds. The van der Waals surface area contributed by atoms with Gasteiger partial charge in [0, 0.05) is 31.5 Å². The number of aromatic nitrogens is 4. The highest BCUT2D eigenvalue weighted by Gasteiger charge is 2.29. The summed E-state index contributed by atoms with van der Waals surface area (Å²) in [5, 5.41) is 28.7. The van der Waals surface area contributed by atoms with Crippen LogP contribution in [0.2, 0.25) is 0 Å². The minimum atomic E-state index is 0.508. The predicted molar refractivity (Wildman–Crippen MR) is 84.9 cm³/mol. The lowest BCUT2D eigenvalue weighted by molar-refractivity contribution is 0.425. The second-order valence-corrected chi connectivity index (χ2v) is 6.15. The monoisotopic (exact) mass is 307 g/mol. The van der Waals surface area contributed by atoms with Crippen LogP contribution in [0.25, 0.3) is 0 Å². The average molecular weight is 307 g/mol. The topological polar surface area (TPSA) is 90.6 Å². The Morgan fingerprint density at radius 2 is 2.04 bits per heavy atom. The Hall–Kier alpha value is -2.75. The molecule has 4 rings (SSSR count). The zero-order chi connectivity index (χ0) is 15.6. The van der Waals surface area contributed by atoms with Crippen LogP contribution in [0.1, 0.15) is 30.0 Å². The Bertz CT molecular complexity index is 727. The van der Waals surface area contributed by atoms with E-state index in [9.17, 15) is 0 Å². The molecule has 116 valence electrons. The van der Waals surface area contributed by atoms with Crippen molar-refractivity contribution >= 4 is 11.6 Å². The average Bonchev–Trinajstić information content (AvgIpc) is 3.39. The van der Waals surface area contributed by atoms with E-state index in [0.29, 0.717) is 23.2 Å². The fraction of sp³-hybridized carbons (Fsp3) is 0.438. The molecule has 0 radical (unpaired) electrons. The summed E-state index contributed by atoms with van der Waals surface area (Å²) in [4.78, 5) is 2.22. The fourth-order valence-electron chi connectivity index (χ4n) is 2.78. The number of nitrogens with one attached hydrogen (secondary N) is 1. The van der Waals surface area contributed by atoms with Gasteiger partial charge in [-0.25, -0.2) is 0 Å². The van der Waals surface area contributed by atoms with Crippen molar-refractivity contribution < 1.29 is 0 Å². The van der Waals surface area contributed by atoms with Crippen LogP contribution in [0.3, 0.4) is 0 Å². The standard InChI is InChI=1S/C16H17N7/c17-7-13-5-6-19-22-16(13)18-8-11-9-23(10-11)15-4-3-14(20-21-15)12-1-2-12/h3-6,11-12H,1-2,8-10H2,(H,18,22). The zero-order valence-electron chi connectivity index (χ0n) is 12.7. The minimum absolute atomic E-state index is 0.508. The summed E-state index contributed by atoms with van der Waals surface area (Å²) in [6.45, 7) is 2.65.